The van der Waals surface area contributed by atoms with E-state index < -0.39 is 22.3 Å². The molecule has 114 valence electrons. The van der Waals surface area contributed by atoms with Crippen LogP contribution < -0.4 is 4.90 Å². The van der Waals surface area contributed by atoms with E-state index in [-0.39, 0.29) is 16.8 Å². The van der Waals surface area contributed by atoms with Crippen molar-refractivity contribution in [3.05, 3.63) is 33.6 Å². The summed E-state index contributed by atoms with van der Waals surface area (Å²) < 4.78 is 13.8. The second kappa shape index (κ2) is 5.31. The van der Waals surface area contributed by atoms with Gasteiger partial charge in [0.25, 0.3) is 5.69 Å². The van der Waals surface area contributed by atoms with Crippen molar-refractivity contribution in [2.24, 2.45) is 5.41 Å². The minimum absolute atomic E-state index is 0.151. The molecule has 0 saturated carbocycles. The number of nitrogens with zero attached hydrogens (tertiary/aromatic N) is 2. The van der Waals surface area contributed by atoms with E-state index in [4.69, 9.17) is 5.11 Å². The first kappa shape index (κ1) is 15.2. The Morgan fingerprint density at radius 2 is 1.95 bits per heavy atom. The Hall–Kier alpha value is -2.18. The largest absolute Gasteiger partial charge is 0.478 e. The van der Waals surface area contributed by atoms with Gasteiger partial charge in [0, 0.05) is 25.2 Å². The molecule has 0 spiro atoms. The van der Waals surface area contributed by atoms with Gasteiger partial charge in [-0.3, -0.25) is 10.1 Å². The Morgan fingerprint density at radius 3 is 2.43 bits per heavy atom. The Morgan fingerprint density at radius 1 is 1.38 bits per heavy atom. The number of halogens is 1. The van der Waals surface area contributed by atoms with Crippen LogP contribution in [0.4, 0.5) is 15.8 Å². The fourth-order valence-electron chi connectivity index (χ4n) is 2.47. The minimum atomic E-state index is -1.51. The number of nitro groups is 1. The number of carboxylic acids is 1. The van der Waals surface area contributed by atoms with Gasteiger partial charge >= 0.3 is 5.97 Å². The normalized spacial score (nSPS) is 17.6. The highest BCUT2D eigenvalue weighted by atomic mass is 19.1. The summed E-state index contributed by atoms with van der Waals surface area (Å²) in [6, 6.07) is 1.76. The molecule has 0 unspecified atom stereocenters. The fraction of sp³-hybridized carbons (Fsp3) is 0.500. The second-order valence-electron chi connectivity index (χ2n) is 6.03. The molecule has 1 aromatic rings. The average molecular weight is 296 g/mol. The summed E-state index contributed by atoms with van der Waals surface area (Å²) in [5, 5.41) is 20.0. The van der Waals surface area contributed by atoms with E-state index >= 15 is 0 Å². The van der Waals surface area contributed by atoms with E-state index in [1.54, 1.807) is 4.90 Å². The summed E-state index contributed by atoms with van der Waals surface area (Å²) in [5.41, 5.74) is -0.737. The van der Waals surface area contributed by atoms with Crippen LogP contribution >= 0.6 is 0 Å². The molecule has 1 heterocycles. The van der Waals surface area contributed by atoms with E-state index in [0.29, 0.717) is 13.1 Å². The molecule has 2 rings (SSSR count). The number of aromatic carboxylic acids is 1. The lowest BCUT2D eigenvalue weighted by atomic mass is 9.82. The highest BCUT2D eigenvalue weighted by molar-refractivity contribution is 5.90. The van der Waals surface area contributed by atoms with Gasteiger partial charge in [0.2, 0.25) is 0 Å². The van der Waals surface area contributed by atoms with Crippen LogP contribution in [-0.4, -0.2) is 29.1 Å². The molecule has 0 amide bonds. The van der Waals surface area contributed by atoms with Gasteiger partial charge < -0.3 is 10.0 Å². The number of carbonyl (C=O) groups is 1. The van der Waals surface area contributed by atoms with Gasteiger partial charge in [0.1, 0.15) is 17.1 Å². The molecule has 1 aromatic carbocycles. The molecule has 0 radical (unpaired) electrons. The van der Waals surface area contributed by atoms with Crippen LogP contribution in [0.15, 0.2) is 12.1 Å². The predicted molar refractivity (Wildman–Crippen MR) is 75.2 cm³/mol. The van der Waals surface area contributed by atoms with Gasteiger partial charge in [-0.05, 0) is 18.3 Å². The van der Waals surface area contributed by atoms with E-state index in [2.05, 4.69) is 13.8 Å². The van der Waals surface area contributed by atoms with Gasteiger partial charge in [0.05, 0.1) is 4.92 Å². The summed E-state index contributed by atoms with van der Waals surface area (Å²) in [7, 11) is 0. The average Bonchev–Trinajstić information content (AvgIpc) is 2.37. The summed E-state index contributed by atoms with van der Waals surface area (Å²) in [6.45, 7) is 5.40. The zero-order valence-corrected chi connectivity index (χ0v) is 11.9. The van der Waals surface area contributed by atoms with Gasteiger partial charge in [-0.25, -0.2) is 9.18 Å². The zero-order chi connectivity index (χ0) is 15.8. The van der Waals surface area contributed by atoms with Crippen molar-refractivity contribution in [3.63, 3.8) is 0 Å². The topological polar surface area (TPSA) is 83.7 Å². The zero-order valence-electron chi connectivity index (χ0n) is 11.9. The molecule has 0 atom stereocenters. The van der Waals surface area contributed by atoms with Crippen molar-refractivity contribution in [3.8, 4) is 0 Å². The predicted octanol–water partition coefficient (Wildman–Crippen LogP) is 3.06. The SMILES string of the molecule is CC1(C)CCN(c2cc(F)c(C(=O)O)cc2[N+](=O)[O-])CC1. The molecule has 0 bridgehead atoms. The van der Waals surface area contributed by atoms with E-state index in [0.717, 1.165) is 25.0 Å². The van der Waals surface area contributed by atoms with Crippen molar-refractivity contribution in [1.82, 2.24) is 0 Å². The van der Waals surface area contributed by atoms with E-state index in [9.17, 15) is 19.3 Å². The molecule has 7 heteroatoms. The van der Waals surface area contributed by atoms with Gasteiger partial charge in [-0.1, -0.05) is 13.8 Å². The van der Waals surface area contributed by atoms with Crippen molar-refractivity contribution >= 4 is 17.3 Å². The Kier molecular flexibility index (Phi) is 3.85. The van der Waals surface area contributed by atoms with Crippen LogP contribution in [0.1, 0.15) is 37.0 Å². The van der Waals surface area contributed by atoms with Gasteiger partial charge in [-0.2, -0.15) is 0 Å². The quantitative estimate of drug-likeness (QED) is 0.684. The number of rotatable bonds is 3. The van der Waals surface area contributed by atoms with Crippen molar-refractivity contribution < 1.29 is 19.2 Å². The Balaban J connectivity index is 2.41. The lowest BCUT2D eigenvalue weighted by molar-refractivity contribution is -0.384. The lowest BCUT2D eigenvalue weighted by Gasteiger charge is -2.37. The number of hydrogen-bond donors (Lipinski definition) is 1. The highest BCUT2D eigenvalue weighted by Gasteiger charge is 2.30. The maximum absolute atomic E-state index is 13.8. The smallest absolute Gasteiger partial charge is 0.338 e. The Bertz CT molecular complexity index is 591. The number of carboxylic acid groups (broad SMARTS) is 1. The molecule has 1 aliphatic heterocycles. The molecule has 0 aromatic heterocycles. The highest BCUT2D eigenvalue weighted by Crippen LogP contribution is 2.37. The molecule has 6 nitrogen and oxygen atoms in total. The molecule has 1 saturated heterocycles. The second-order valence-corrected chi connectivity index (χ2v) is 6.03. The van der Waals surface area contributed by atoms with Gasteiger partial charge in [0.15, 0.2) is 0 Å². The third-order valence-corrected chi connectivity index (χ3v) is 3.95. The van der Waals surface area contributed by atoms with E-state index in [1.807, 2.05) is 0 Å². The first-order valence-corrected chi connectivity index (χ1v) is 6.67. The standard InChI is InChI=1S/C14H17FN2O4/c1-14(2)3-5-16(6-4-14)11-8-10(15)9(13(18)19)7-12(11)17(20)21/h7-8H,3-6H2,1-2H3,(H,18,19). The number of benzene rings is 1. The number of anilines is 1. The summed E-state index contributed by atoms with van der Waals surface area (Å²) in [4.78, 5) is 23.1. The molecule has 0 aliphatic carbocycles. The van der Waals surface area contributed by atoms with Crippen molar-refractivity contribution in [2.45, 2.75) is 26.7 Å². The number of piperidine rings is 1. The van der Waals surface area contributed by atoms with Crippen LogP contribution in [0.5, 0.6) is 0 Å². The van der Waals surface area contributed by atoms with Crippen molar-refractivity contribution in [1.29, 1.82) is 0 Å². The van der Waals surface area contributed by atoms with Crippen LogP contribution in [0.2, 0.25) is 0 Å². The maximum Gasteiger partial charge on any atom is 0.338 e. The van der Waals surface area contributed by atoms with Crippen LogP contribution in [0.3, 0.4) is 0 Å². The molecule has 1 N–H and O–H groups in total. The maximum atomic E-state index is 13.8. The summed E-state index contributed by atoms with van der Waals surface area (Å²) in [6.07, 6.45) is 1.68. The molecular formula is C14H17FN2O4. The molecule has 21 heavy (non-hydrogen) atoms. The molecule has 1 aliphatic rings. The third kappa shape index (κ3) is 3.12. The summed E-state index contributed by atoms with van der Waals surface area (Å²) >= 11 is 0. The first-order chi connectivity index (χ1) is 9.71. The number of hydrogen-bond acceptors (Lipinski definition) is 4. The fourth-order valence-corrected chi connectivity index (χ4v) is 2.47. The van der Waals surface area contributed by atoms with Gasteiger partial charge in [-0.15, -0.1) is 0 Å². The lowest BCUT2D eigenvalue weighted by Crippen LogP contribution is -2.37. The Labute approximate surface area is 121 Å². The van der Waals surface area contributed by atoms with Crippen molar-refractivity contribution in [2.75, 3.05) is 18.0 Å². The van der Waals surface area contributed by atoms with E-state index in [1.165, 1.54) is 0 Å². The third-order valence-electron chi connectivity index (χ3n) is 3.95. The van der Waals surface area contributed by atoms with Crippen LogP contribution in [-0.2, 0) is 0 Å². The number of nitro benzene ring substituents is 1. The molecule has 1 fully saturated rings. The minimum Gasteiger partial charge on any atom is -0.478 e. The first-order valence-electron chi connectivity index (χ1n) is 6.67. The summed E-state index contributed by atoms with van der Waals surface area (Å²) in [5.74, 6) is -2.46. The molecular weight excluding hydrogens is 279 g/mol. The van der Waals surface area contributed by atoms with Crippen LogP contribution in [0.25, 0.3) is 0 Å². The monoisotopic (exact) mass is 296 g/mol. The van der Waals surface area contributed by atoms with Crippen LogP contribution in [0, 0.1) is 21.3 Å².